The smallest absolute Gasteiger partial charge is 0.275 e. The molecule has 0 spiro atoms. The second kappa shape index (κ2) is 13.5. The van der Waals surface area contributed by atoms with Gasteiger partial charge in [-0.3, -0.25) is 12.2 Å². The van der Waals surface area contributed by atoms with Gasteiger partial charge in [0.2, 0.25) is 0 Å². The summed E-state index contributed by atoms with van der Waals surface area (Å²) in [6, 6.07) is 0. The molecule has 17 heavy (non-hydrogen) atoms. The molecule has 0 aromatic carbocycles. The molecule has 1 heteroatoms. The van der Waals surface area contributed by atoms with Crippen molar-refractivity contribution >= 4 is 0 Å². The third-order valence-electron chi connectivity index (χ3n) is 2.58. The van der Waals surface area contributed by atoms with Crippen LogP contribution in [0.25, 0.3) is 0 Å². The van der Waals surface area contributed by atoms with Gasteiger partial charge < -0.3 is 0 Å². The molecular formula is C16H22Ni. The van der Waals surface area contributed by atoms with Crippen LogP contribution in [0.1, 0.15) is 51.4 Å². The van der Waals surface area contributed by atoms with Crippen LogP contribution >= 0.6 is 0 Å². The van der Waals surface area contributed by atoms with E-state index in [0.717, 1.165) is 12.8 Å². The minimum atomic E-state index is 0. The number of hydrogen-bond donors (Lipinski definition) is 0. The molecule has 0 N–H and O–H groups in total. The SMILES string of the molecule is [C-]1=C/C=C\CCCC1.[C-]1=CC=CCCCC1.[Ni+2]. The number of hydrogen-bond acceptors (Lipinski definition) is 0. The Hall–Kier alpha value is -0.546. The summed E-state index contributed by atoms with van der Waals surface area (Å²) in [6.07, 6.45) is 29.0. The first-order valence-electron chi connectivity index (χ1n) is 6.43. The van der Waals surface area contributed by atoms with Gasteiger partial charge >= 0.3 is 16.5 Å². The molecule has 0 aromatic rings. The van der Waals surface area contributed by atoms with Crippen molar-refractivity contribution in [3.63, 3.8) is 0 Å². The van der Waals surface area contributed by atoms with E-state index in [4.69, 9.17) is 0 Å². The Balaban J connectivity index is 0.000000284. The van der Waals surface area contributed by atoms with E-state index in [1.54, 1.807) is 0 Å². The first-order valence-corrected chi connectivity index (χ1v) is 6.43. The van der Waals surface area contributed by atoms with Crippen LogP contribution in [0.2, 0.25) is 0 Å². The van der Waals surface area contributed by atoms with Crippen LogP contribution in [0.3, 0.4) is 0 Å². The first kappa shape index (κ1) is 16.5. The summed E-state index contributed by atoms with van der Waals surface area (Å²) in [6.45, 7) is 0. The van der Waals surface area contributed by atoms with Crippen molar-refractivity contribution in [1.82, 2.24) is 0 Å². The Kier molecular flexibility index (Phi) is 13.1. The molecule has 0 saturated carbocycles. The van der Waals surface area contributed by atoms with Crippen molar-refractivity contribution in [2.75, 3.05) is 0 Å². The molecule has 0 aliphatic heterocycles. The summed E-state index contributed by atoms with van der Waals surface area (Å²) in [5, 5.41) is 0. The van der Waals surface area contributed by atoms with Crippen molar-refractivity contribution in [2.24, 2.45) is 0 Å². The van der Waals surface area contributed by atoms with Crippen LogP contribution < -0.4 is 0 Å². The van der Waals surface area contributed by atoms with Crippen LogP contribution in [-0.2, 0) is 16.5 Å². The van der Waals surface area contributed by atoms with E-state index in [1.165, 1.54) is 38.5 Å². The molecule has 0 atom stereocenters. The zero-order valence-corrected chi connectivity index (χ0v) is 11.4. The maximum atomic E-state index is 3.18. The molecule has 96 valence electrons. The summed E-state index contributed by atoms with van der Waals surface area (Å²) >= 11 is 0. The van der Waals surface area contributed by atoms with Crippen LogP contribution in [0.4, 0.5) is 0 Å². The van der Waals surface area contributed by atoms with E-state index in [9.17, 15) is 0 Å². The number of rotatable bonds is 0. The quantitative estimate of drug-likeness (QED) is 0.432. The van der Waals surface area contributed by atoms with Gasteiger partial charge in [-0.2, -0.15) is 12.2 Å². The average Bonchev–Trinajstić information content (AvgIpc) is 2.15. The van der Waals surface area contributed by atoms with E-state index in [1.807, 2.05) is 12.2 Å². The fourth-order valence-electron chi connectivity index (χ4n) is 1.61. The Morgan fingerprint density at radius 3 is 1.59 bits per heavy atom. The van der Waals surface area contributed by atoms with Gasteiger partial charge in [0.15, 0.2) is 0 Å². The molecule has 0 unspecified atom stereocenters. The van der Waals surface area contributed by atoms with E-state index in [0.29, 0.717) is 0 Å². The van der Waals surface area contributed by atoms with E-state index in [2.05, 4.69) is 36.5 Å². The second-order valence-corrected chi connectivity index (χ2v) is 4.09. The Bertz CT molecular complexity index is 203. The molecule has 0 saturated heterocycles. The molecule has 2 aliphatic carbocycles. The third kappa shape index (κ3) is 11.7. The van der Waals surface area contributed by atoms with Gasteiger partial charge in [-0.15, -0.1) is 12.8 Å². The monoisotopic (exact) mass is 272 g/mol. The molecule has 0 aromatic heterocycles. The van der Waals surface area contributed by atoms with Gasteiger partial charge in [0.25, 0.3) is 0 Å². The standard InChI is InChI=1S/2C8H11.Ni/c2*1-2-4-6-8-7-5-3-1;/h2*1-3H,4,6-8H2;/q2*-1;+2/b2-1-;;. The molecule has 2 rings (SSSR count). The summed E-state index contributed by atoms with van der Waals surface area (Å²) in [5.74, 6) is 0. The maximum absolute atomic E-state index is 3.18. The minimum Gasteiger partial charge on any atom is -0.275 e. The van der Waals surface area contributed by atoms with Crippen molar-refractivity contribution in [1.29, 1.82) is 0 Å². The summed E-state index contributed by atoms with van der Waals surface area (Å²) < 4.78 is 0. The average molecular weight is 273 g/mol. The first-order chi connectivity index (χ1) is 8.00. The predicted molar refractivity (Wildman–Crippen MR) is 70.8 cm³/mol. The van der Waals surface area contributed by atoms with Gasteiger partial charge in [-0.05, 0) is 0 Å². The summed E-state index contributed by atoms with van der Waals surface area (Å²) in [7, 11) is 0. The fourth-order valence-corrected chi connectivity index (χ4v) is 1.61. The minimum absolute atomic E-state index is 0. The van der Waals surface area contributed by atoms with Crippen LogP contribution in [-0.4, -0.2) is 0 Å². The van der Waals surface area contributed by atoms with Crippen molar-refractivity contribution in [3.05, 3.63) is 48.6 Å². The van der Waals surface area contributed by atoms with Crippen molar-refractivity contribution < 1.29 is 16.5 Å². The number of allylic oxidation sites excluding steroid dienone is 8. The van der Waals surface area contributed by atoms with Crippen LogP contribution in [0.15, 0.2) is 36.5 Å². The predicted octanol–water partition coefficient (Wildman–Crippen LogP) is 4.95. The molecule has 0 fully saturated rings. The molecule has 0 radical (unpaired) electrons. The topological polar surface area (TPSA) is 0 Å². The summed E-state index contributed by atoms with van der Waals surface area (Å²) in [4.78, 5) is 0. The molecule has 0 amide bonds. The van der Waals surface area contributed by atoms with E-state index >= 15 is 0 Å². The van der Waals surface area contributed by atoms with Gasteiger partial charge in [0, 0.05) is 0 Å². The normalized spacial score (nSPS) is 20.7. The fraction of sp³-hybridized carbons (Fsp3) is 0.500. The van der Waals surface area contributed by atoms with Crippen LogP contribution in [0, 0.1) is 12.2 Å². The van der Waals surface area contributed by atoms with Gasteiger partial charge in [-0.25, -0.2) is 24.3 Å². The van der Waals surface area contributed by atoms with Gasteiger partial charge in [0.05, 0.1) is 0 Å². The van der Waals surface area contributed by atoms with Gasteiger partial charge in [0.1, 0.15) is 0 Å². The Labute approximate surface area is 116 Å². The zero-order chi connectivity index (χ0) is 11.3. The molecule has 0 heterocycles. The Morgan fingerprint density at radius 1 is 0.647 bits per heavy atom. The molecular weight excluding hydrogens is 251 g/mol. The van der Waals surface area contributed by atoms with Crippen molar-refractivity contribution in [2.45, 2.75) is 51.4 Å². The third-order valence-corrected chi connectivity index (χ3v) is 2.58. The van der Waals surface area contributed by atoms with Crippen molar-refractivity contribution in [3.8, 4) is 0 Å². The largest absolute Gasteiger partial charge is 2.00 e. The van der Waals surface area contributed by atoms with Gasteiger partial charge in [-0.1, -0.05) is 38.5 Å². The maximum Gasteiger partial charge on any atom is 2.00 e. The van der Waals surface area contributed by atoms with E-state index in [-0.39, 0.29) is 16.5 Å². The van der Waals surface area contributed by atoms with E-state index < -0.39 is 0 Å². The zero-order valence-electron chi connectivity index (χ0n) is 10.4. The van der Waals surface area contributed by atoms with Crippen LogP contribution in [0.5, 0.6) is 0 Å². The summed E-state index contributed by atoms with van der Waals surface area (Å²) in [5.41, 5.74) is 0. The molecule has 0 nitrogen and oxygen atoms in total. The second-order valence-electron chi connectivity index (χ2n) is 4.09. The Morgan fingerprint density at radius 2 is 1.12 bits per heavy atom. The molecule has 0 bridgehead atoms. The molecule has 2 aliphatic rings.